The van der Waals surface area contributed by atoms with Crippen LogP contribution in [0.3, 0.4) is 0 Å². The van der Waals surface area contributed by atoms with Crippen LogP contribution in [0.5, 0.6) is 0 Å². The summed E-state index contributed by atoms with van der Waals surface area (Å²) in [7, 11) is 0. The molecule has 1 atom stereocenters. The normalized spacial score (nSPS) is 19.6. The Bertz CT molecular complexity index is 201. The van der Waals surface area contributed by atoms with E-state index in [2.05, 4.69) is 25.7 Å². The van der Waals surface area contributed by atoms with Gasteiger partial charge in [-0.15, -0.1) is 0 Å². The SMILES string of the molecule is CCCCCC(C)(CN)N(CCC)CC1CC1. The van der Waals surface area contributed by atoms with Gasteiger partial charge in [0, 0.05) is 18.6 Å². The molecule has 1 aliphatic rings. The Balaban J connectivity index is 2.49. The molecule has 0 aromatic carbocycles. The lowest BCUT2D eigenvalue weighted by molar-refractivity contribution is 0.0926. The Morgan fingerprint density at radius 2 is 1.88 bits per heavy atom. The molecule has 0 saturated heterocycles. The molecule has 1 unspecified atom stereocenters. The Morgan fingerprint density at radius 3 is 2.35 bits per heavy atom. The minimum Gasteiger partial charge on any atom is -0.329 e. The van der Waals surface area contributed by atoms with Gasteiger partial charge in [0.05, 0.1) is 0 Å². The van der Waals surface area contributed by atoms with Crippen molar-refractivity contribution in [2.45, 2.75) is 71.3 Å². The standard InChI is InChI=1S/C15H32N2/c1-4-6-7-10-15(3,13-16)17(11-5-2)12-14-8-9-14/h14H,4-13,16H2,1-3H3. The van der Waals surface area contributed by atoms with E-state index in [0.29, 0.717) is 0 Å². The van der Waals surface area contributed by atoms with Crippen LogP contribution < -0.4 is 5.73 Å². The topological polar surface area (TPSA) is 29.3 Å². The van der Waals surface area contributed by atoms with Gasteiger partial charge in [0.1, 0.15) is 0 Å². The van der Waals surface area contributed by atoms with Gasteiger partial charge in [-0.05, 0) is 45.1 Å². The van der Waals surface area contributed by atoms with Crippen LogP contribution in [-0.4, -0.2) is 30.1 Å². The van der Waals surface area contributed by atoms with Crippen molar-refractivity contribution in [1.82, 2.24) is 4.90 Å². The number of unbranched alkanes of at least 4 members (excludes halogenated alkanes) is 2. The maximum Gasteiger partial charge on any atom is 0.0303 e. The average Bonchev–Trinajstić information content (AvgIpc) is 3.12. The number of nitrogens with two attached hydrogens (primary N) is 1. The van der Waals surface area contributed by atoms with Crippen molar-refractivity contribution in [3.05, 3.63) is 0 Å². The molecule has 17 heavy (non-hydrogen) atoms. The lowest BCUT2D eigenvalue weighted by atomic mass is 9.91. The quantitative estimate of drug-likeness (QED) is 0.593. The van der Waals surface area contributed by atoms with Gasteiger partial charge in [0.25, 0.3) is 0 Å². The van der Waals surface area contributed by atoms with E-state index < -0.39 is 0 Å². The van der Waals surface area contributed by atoms with E-state index in [4.69, 9.17) is 5.73 Å². The zero-order valence-electron chi connectivity index (χ0n) is 12.2. The third kappa shape index (κ3) is 4.97. The van der Waals surface area contributed by atoms with E-state index in [1.165, 1.54) is 58.0 Å². The van der Waals surface area contributed by atoms with Crippen LogP contribution >= 0.6 is 0 Å². The predicted molar refractivity (Wildman–Crippen MR) is 76.2 cm³/mol. The first-order valence-corrected chi connectivity index (χ1v) is 7.61. The lowest BCUT2D eigenvalue weighted by Gasteiger charge is -2.41. The van der Waals surface area contributed by atoms with Crippen molar-refractivity contribution in [2.24, 2.45) is 11.7 Å². The van der Waals surface area contributed by atoms with Crippen LogP contribution in [0.1, 0.15) is 65.7 Å². The van der Waals surface area contributed by atoms with Crippen molar-refractivity contribution in [3.8, 4) is 0 Å². The predicted octanol–water partition coefficient (Wildman–Crippen LogP) is 3.41. The lowest BCUT2D eigenvalue weighted by Crippen LogP contribution is -2.52. The molecule has 2 nitrogen and oxygen atoms in total. The van der Waals surface area contributed by atoms with Gasteiger partial charge in [0.15, 0.2) is 0 Å². The highest BCUT2D eigenvalue weighted by Crippen LogP contribution is 2.33. The van der Waals surface area contributed by atoms with Crippen LogP contribution in [0, 0.1) is 5.92 Å². The summed E-state index contributed by atoms with van der Waals surface area (Å²) in [5, 5.41) is 0. The maximum atomic E-state index is 6.07. The zero-order valence-corrected chi connectivity index (χ0v) is 12.2. The first-order chi connectivity index (χ1) is 8.16. The van der Waals surface area contributed by atoms with Gasteiger partial charge in [-0.25, -0.2) is 0 Å². The largest absolute Gasteiger partial charge is 0.329 e. The molecule has 0 aromatic rings. The number of nitrogens with zero attached hydrogens (tertiary/aromatic N) is 1. The molecule has 0 amide bonds. The van der Waals surface area contributed by atoms with Gasteiger partial charge >= 0.3 is 0 Å². The minimum absolute atomic E-state index is 0.244. The van der Waals surface area contributed by atoms with E-state index in [1.54, 1.807) is 0 Å². The summed E-state index contributed by atoms with van der Waals surface area (Å²) in [6, 6.07) is 0. The Labute approximate surface area is 108 Å². The van der Waals surface area contributed by atoms with Gasteiger partial charge in [0.2, 0.25) is 0 Å². The molecule has 0 radical (unpaired) electrons. The Kier molecular flexibility index (Phi) is 6.50. The Morgan fingerprint density at radius 1 is 1.18 bits per heavy atom. The van der Waals surface area contributed by atoms with Crippen LogP contribution in [0.2, 0.25) is 0 Å². The van der Waals surface area contributed by atoms with Gasteiger partial charge in [-0.1, -0.05) is 33.1 Å². The molecule has 1 aliphatic carbocycles. The summed E-state index contributed by atoms with van der Waals surface area (Å²) < 4.78 is 0. The maximum absolute atomic E-state index is 6.07. The van der Waals surface area contributed by atoms with E-state index in [0.717, 1.165) is 12.5 Å². The molecule has 0 aromatic heterocycles. The number of hydrogen-bond acceptors (Lipinski definition) is 2. The van der Waals surface area contributed by atoms with Gasteiger partial charge in [-0.3, -0.25) is 4.90 Å². The van der Waals surface area contributed by atoms with Crippen molar-refractivity contribution in [2.75, 3.05) is 19.6 Å². The van der Waals surface area contributed by atoms with Crippen LogP contribution in [0.25, 0.3) is 0 Å². The molecule has 1 saturated carbocycles. The van der Waals surface area contributed by atoms with Gasteiger partial charge in [-0.2, -0.15) is 0 Å². The summed E-state index contributed by atoms with van der Waals surface area (Å²) in [5.41, 5.74) is 6.32. The highest BCUT2D eigenvalue weighted by molar-refractivity contribution is 4.90. The molecular weight excluding hydrogens is 208 g/mol. The van der Waals surface area contributed by atoms with Gasteiger partial charge < -0.3 is 5.73 Å². The fraction of sp³-hybridized carbons (Fsp3) is 1.00. The van der Waals surface area contributed by atoms with Crippen molar-refractivity contribution < 1.29 is 0 Å². The second kappa shape index (κ2) is 7.38. The molecule has 2 N–H and O–H groups in total. The highest BCUT2D eigenvalue weighted by Gasteiger charge is 2.33. The first-order valence-electron chi connectivity index (χ1n) is 7.61. The molecule has 0 aliphatic heterocycles. The highest BCUT2D eigenvalue weighted by atomic mass is 15.2. The first kappa shape index (κ1) is 15.0. The van der Waals surface area contributed by atoms with Crippen molar-refractivity contribution in [1.29, 1.82) is 0 Å². The Hall–Kier alpha value is -0.0800. The molecule has 1 fully saturated rings. The molecule has 1 rings (SSSR count). The monoisotopic (exact) mass is 240 g/mol. The molecular formula is C15H32N2. The van der Waals surface area contributed by atoms with E-state index in [-0.39, 0.29) is 5.54 Å². The summed E-state index contributed by atoms with van der Waals surface area (Å²) in [4.78, 5) is 2.68. The second-order valence-electron chi connectivity index (χ2n) is 6.05. The summed E-state index contributed by atoms with van der Waals surface area (Å²) in [5.74, 6) is 0.971. The summed E-state index contributed by atoms with van der Waals surface area (Å²) in [6.45, 7) is 10.2. The fourth-order valence-electron chi connectivity index (χ4n) is 2.61. The van der Waals surface area contributed by atoms with Crippen molar-refractivity contribution in [3.63, 3.8) is 0 Å². The zero-order chi connectivity index (χ0) is 12.7. The average molecular weight is 240 g/mol. The molecule has 0 heterocycles. The number of rotatable bonds is 10. The summed E-state index contributed by atoms with van der Waals surface area (Å²) in [6.07, 6.45) is 9.37. The second-order valence-corrected chi connectivity index (χ2v) is 6.05. The van der Waals surface area contributed by atoms with E-state index in [9.17, 15) is 0 Å². The van der Waals surface area contributed by atoms with Crippen LogP contribution in [0.15, 0.2) is 0 Å². The smallest absolute Gasteiger partial charge is 0.0303 e. The molecule has 2 heteroatoms. The van der Waals surface area contributed by atoms with E-state index >= 15 is 0 Å². The fourth-order valence-corrected chi connectivity index (χ4v) is 2.61. The summed E-state index contributed by atoms with van der Waals surface area (Å²) >= 11 is 0. The minimum atomic E-state index is 0.244. The van der Waals surface area contributed by atoms with Crippen LogP contribution in [-0.2, 0) is 0 Å². The van der Waals surface area contributed by atoms with Crippen LogP contribution in [0.4, 0.5) is 0 Å². The third-order valence-electron chi connectivity index (χ3n) is 4.19. The van der Waals surface area contributed by atoms with E-state index in [1.807, 2.05) is 0 Å². The number of hydrogen-bond donors (Lipinski definition) is 1. The van der Waals surface area contributed by atoms with Crippen molar-refractivity contribution >= 4 is 0 Å². The molecule has 102 valence electrons. The third-order valence-corrected chi connectivity index (χ3v) is 4.19. The molecule has 0 spiro atoms. The molecule has 0 bridgehead atoms.